The van der Waals surface area contributed by atoms with Crippen molar-refractivity contribution in [3.63, 3.8) is 0 Å². The van der Waals surface area contributed by atoms with Gasteiger partial charge in [-0.1, -0.05) is 18.3 Å². The molecule has 0 spiro atoms. The van der Waals surface area contributed by atoms with Crippen molar-refractivity contribution >= 4 is 17.2 Å². The summed E-state index contributed by atoms with van der Waals surface area (Å²) >= 11 is 4.95. The number of aryl methyl sites for hydroxylation is 1. The molecule has 2 aromatic rings. The van der Waals surface area contributed by atoms with Crippen molar-refractivity contribution in [1.82, 2.24) is 0 Å². The third-order valence-corrected chi connectivity index (χ3v) is 2.96. The second kappa shape index (κ2) is 5.71. The van der Waals surface area contributed by atoms with E-state index in [1.165, 1.54) is 0 Å². The third kappa shape index (κ3) is 3.23. The maximum absolute atomic E-state index is 5.82. The van der Waals surface area contributed by atoms with Crippen LogP contribution in [0.3, 0.4) is 0 Å². The molecule has 0 aliphatic rings. The number of ether oxygens (including phenoxy) is 2. The fourth-order valence-corrected chi connectivity index (χ4v) is 1.84. The van der Waals surface area contributed by atoms with E-state index in [1.807, 2.05) is 49.4 Å². The Morgan fingerprint density at radius 2 is 1.84 bits per heavy atom. The molecule has 0 aromatic heterocycles. The van der Waals surface area contributed by atoms with Crippen LogP contribution in [0.15, 0.2) is 42.5 Å². The van der Waals surface area contributed by atoms with E-state index in [1.54, 1.807) is 7.11 Å². The summed E-state index contributed by atoms with van der Waals surface area (Å²) in [6.45, 7) is 1.96. The van der Waals surface area contributed by atoms with Crippen LogP contribution < -0.4 is 15.2 Å². The van der Waals surface area contributed by atoms with Crippen LogP contribution in [0.1, 0.15) is 11.1 Å². The Bertz CT molecular complexity index is 611. The molecule has 0 saturated heterocycles. The Hall–Kier alpha value is -2.07. The molecule has 2 N–H and O–H groups in total. The maximum atomic E-state index is 5.82. The van der Waals surface area contributed by atoms with Gasteiger partial charge in [0.2, 0.25) is 0 Å². The summed E-state index contributed by atoms with van der Waals surface area (Å²) in [6.07, 6.45) is 0. The van der Waals surface area contributed by atoms with Crippen LogP contribution in [-0.4, -0.2) is 12.1 Å². The zero-order valence-corrected chi connectivity index (χ0v) is 11.7. The monoisotopic (exact) mass is 273 g/mol. The molecule has 0 aliphatic carbocycles. The largest absolute Gasteiger partial charge is 0.497 e. The van der Waals surface area contributed by atoms with Crippen LogP contribution in [0.4, 0.5) is 0 Å². The normalized spacial score (nSPS) is 10.0. The summed E-state index contributed by atoms with van der Waals surface area (Å²) in [5.41, 5.74) is 7.42. The number of hydrogen-bond acceptors (Lipinski definition) is 3. The third-order valence-electron chi connectivity index (χ3n) is 2.73. The molecule has 2 aromatic carbocycles. The van der Waals surface area contributed by atoms with Gasteiger partial charge in [-0.15, -0.1) is 0 Å². The quantitative estimate of drug-likeness (QED) is 0.867. The first-order valence-corrected chi connectivity index (χ1v) is 6.23. The van der Waals surface area contributed by atoms with Gasteiger partial charge in [-0.3, -0.25) is 0 Å². The molecule has 19 heavy (non-hydrogen) atoms. The minimum Gasteiger partial charge on any atom is -0.497 e. The molecular formula is C15H15NO2S. The number of hydrogen-bond donors (Lipinski definition) is 1. The molecule has 0 heterocycles. The van der Waals surface area contributed by atoms with E-state index >= 15 is 0 Å². The van der Waals surface area contributed by atoms with Gasteiger partial charge in [0.05, 0.1) is 7.11 Å². The van der Waals surface area contributed by atoms with Gasteiger partial charge >= 0.3 is 0 Å². The minimum atomic E-state index is 0.385. The molecule has 0 saturated carbocycles. The van der Waals surface area contributed by atoms with Gasteiger partial charge in [0.15, 0.2) is 0 Å². The predicted molar refractivity (Wildman–Crippen MR) is 80.1 cm³/mol. The maximum Gasteiger partial charge on any atom is 0.131 e. The minimum absolute atomic E-state index is 0.385. The highest BCUT2D eigenvalue weighted by atomic mass is 32.1. The Kier molecular flexibility index (Phi) is 4.02. The number of methoxy groups -OCH3 is 1. The van der Waals surface area contributed by atoms with Gasteiger partial charge in [0.1, 0.15) is 22.2 Å². The van der Waals surface area contributed by atoms with Gasteiger partial charge < -0.3 is 15.2 Å². The van der Waals surface area contributed by atoms with Crippen LogP contribution in [0, 0.1) is 6.92 Å². The van der Waals surface area contributed by atoms with Crippen molar-refractivity contribution < 1.29 is 9.47 Å². The molecule has 0 bridgehead atoms. The van der Waals surface area contributed by atoms with Gasteiger partial charge in [-0.2, -0.15) is 0 Å². The van der Waals surface area contributed by atoms with E-state index in [9.17, 15) is 0 Å². The highest BCUT2D eigenvalue weighted by Crippen LogP contribution is 2.28. The number of benzene rings is 2. The van der Waals surface area contributed by atoms with E-state index in [0.29, 0.717) is 4.99 Å². The zero-order valence-electron chi connectivity index (χ0n) is 10.8. The summed E-state index contributed by atoms with van der Waals surface area (Å²) in [6, 6.07) is 13.1. The highest BCUT2D eigenvalue weighted by Gasteiger charge is 2.05. The lowest BCUT2D eigenvalue weighted by molar-refractivity contribution is 0.409. The first kappa shape index (κ1) is 13.4. The van der Waals surface area contributed by atoms with Crippen LogP contribution in [0.25, 0.3) is 0 Å². The summed E-state index contributed by atoms with van der Waals surface area (Å²) in [7, 11) is 1.63. The van der Waals surface area contributed by atoms with Crippen LogP contribution in [-0.2, 0) is 0 Å². The number of nitrogens with two attached hydrogens (primary N) is 1. The summed E-state index contributed by atoms with van der Waals surface area (Å²) in [5.74, 6) is 2.26. The second-order valence-electron chi connectivity index (χ2n) is 4.13. The van der Waals surface area contributed by atoms with Crippen LogP contribution in [0.5, 0.6) is 17.2 Å². The fourth-order valence-electron chi connectivity index (χ4n) is 1.71. The topological polar surface area (TPSA) is 44.5 Å². The average molecular weight is 273 g/mol. The molecule has 0 atom stereocenters. The molecule has 0 unspecified atom stereocenters. The fraction of sp³-hybridized carbons (Fsp3) is 0.133. The average Bonchev–Trinajstić information content (AvgIpc) is 2.41. The Morgan fingerprint density at radius 3 is 2.47 bits per heavy atom. The molecule has 0 aliphatic heterocycles. The van der Waals surface area contributed by atoms with Crippen LogP contribution >= 0.6 is 12.2 Å². The number of thiocarbonyl (C=S) groups is 1. The van der Waals surface area contributed by atoms with E-state index < -0.39 is 0 Å². The Balaban J connectivity index is 2.25. The molecule has 4 heteroatoms. The standard InChI is InChI=1S/C15H15NO2S/c1-10-8-11(15(16)19)6-7-14(10)18-13-5-3-4-12(9-13)17-2/h3-9H,1-2H3,(H2,16,19). The smallest absolute Gasteiger partial charge is 0.131 e. The Morgan fingerprint density at radius 1 is 1.11 bits per heavy atom. The summed E-state index contributed by atoms with van der Waals surface area (Å²) in [4.78, 5) is 0.385. The van der Waals surface area contributed by atoms with Gasteiger partial charge in [-0.05, 0) is 42.8 Å². The predicted octanol–water partition coefficient (Wildman–Crippen LogP) is 3.43. The van der Waals surface area contributed by atoms with Crippen molar-refractivity contribution in [2.75, 3.05) is 7.11 Å². The lowest BCUT2D eigenvalue weighted by Gasteiger charge is -2.10. The van der Waals surface area contributed by atoms with Gasteiger partial charge in [0.25, 0.3) is 0 Å². The SMILES string of the molecule is COc1cccc(Oc2ccc(C(N)=S)cc2C)c1. The molecule has 3 nitrogen and oxygen atoms in total. The van der Waals surface area contributed by atoms with Gasteiger partial charge in [0, 0.05) is 11.6 Å². The molecule has 98 valence electrons. The second-order valence-corrected chi connectivity index (χ2v) is 4.57. The van der Waals surface area contributed by atoms with Crippen molar-refractivity contribution in [2.24, 2.45) is 5.73 Å². The first-order chi connectivity index (χ1) is 9.10. The Labute approximate surface area is 118 Å². The molecule has 0 amide bonds. The molecule has 0 fully saturated rings. The van der Waals surface area contributed by atoms with E-state index in [0.717, 1.165) is 28.4 Å². The van der Waals surface area contributed by atoms with E-state index in [-0.39, 0.29) is 0 Å². The van der Waals surface area contributed by atoms with Gasteiger partial charge in [-0.25, -0.2) is 0 Å². The highest BCUT2D eigenvalue weighted by molar-refractivity contribution is 7.80. The van der Waals surface area contributed by atoms with E-state index in [2.05, 4.69) is 0 Å². The number of rotatable bonds is 4. The summed E-state index contributed by atoms with van der Waals surface area (Å²) < 4.78 is 11.0. The molecule has 0 radical (unpaired) electrons. The van der Waals surface area contributed by atoms with Crippen molar-refractivity contribution in [2.45, 2.75) is 6.92 Å². The van der Waals surface area contributed by atoms with E-state index in [4.69, 9.17) is 27.4 Å². The zero-order chi connectivity index (χ0) is 13.8. The van der Waals surface area contributed by atoms with Crippen molar-refractivity contribution in [1.29, 1.82) is 0 Å². The van der Waals surface area contributed by atoms with Crippen molar-refractivity contribution in [3.05, 3.63) is 53.6 Å². The lowest BCUT2D eigenvalue weighted by atomic mass is 10.1. The molecule has 2 rings (SSSR count). The lowest BCUT2D eigenvalue weighted by Crippen LogP contribution is -2.09. The summed E-state index contributed by atoms with van der Waals surface area (Å²) in [5, 5.41) is 0. The first-order valence-electron chi connectivity index (χ1n) is 5.82. The van der Waals surface area contributed by atoms with Crippen LogP contribution in [0.2, 0.25) is 0 Å². The van der Waals surface area contributed by atoms with Crippen molar-refractivity contribution in [3.8, 4) is 17.2 Å². The molecular weight excluding hydrogens is 258 g/mol.